The molecule has 1 aliphatic heterocycles. The highest BCUT2D eigenvalue weighted by molar-refractivity contribution is 7.99. The van der Waals surface area contributed by atoms with E-state index in [-0.39, 0.29) is 11.2 Å². The van der Waals surface area contributed by atoms with Crippen LogP contribution in [0.5, 0.6) is 0 Å². The molecule has 0 bridgehead atoms. The molecule has 0 spiro atoms. The maximum absolute atomic E-state index is 12.2. The first kappa shape index (κ1) is 19.4. The van der Waals surface area contributed by atoms with E-state index in [1.807, 2.05) is 4.90 Å². The lowest BCUT2D eigenvalue weighted by Gasteiger charge is -2.33. The average Bonchev–Trinajstić information content (AvgIpc) is 2.52. The Hall–Kier alpha value is -0.630. The molecule has 0 aliphatic carbocycles. The minimum Gasteiger partial charge on any atom is -0.340 e. The van der Waals surface area contributed by atoms with E-state index in [1.165, 1.54) is 6.42 Å². The molecule has 1 fully saturated rings. The number of unbranched alkanes of at least 4 members (excludes halogenated alkanes) is 1. The van der Waals surface area contributed by atoms with Gasteiger partial charge in [-0.1, -0.05) is 6.42 Å². The predicted molar refractivity (Wildman–Crippen MR) is 93.5 cm³/mol. The molecule has 1 heterocycles. The minimum atomic E-state index is 0.121. The molecule has 1 amide bonds. The van der Waals surface area contributed by atoms with Gasteiger partial charge in [0.25, 0.3) is 0 Å². The summed E-state index contributed by atoms with van der Waals surface area (Å²) in [6.07, 6.45) is 7.36. The lowest BCUT2D eigenvalue weighted by Crippen LogP contribution is -2.41. The number of carbonyl (C=O) groups is 1. The number of nitroso groups, excluding NO2 is 2. The molecule has 0 saturated carbocycles. The third-order valence-electron chi connectivity index (χ3n) is 4.07. The third-order valence-corrected chi connectivity index (χ3v) is 5.45. The summed E-state index contributed by atoms with van der Waals surface area (Å²) in [5.74, 6) is 0.867. The van der Waals surface area contributed by atoms with Crippen molar-refractivity contribution in [2.75, 3.05) is 12.3 Å². The molecule has 0 N–H and O–H groups in total. The number of amides is 1. The Morgan fingerprint density at radius 2 is 2.05 bits per heavy atom. The van der Waals surface area contributed by atoms with Gasteiger partial charge in [-0.05, 0) is 45.4 Å². The Labute approximate surface area is 140 Å². The highest BCUT2D eigenvalue weighted by atomic mass is 32.2. The largest absolute Gasteiger partial charge is 0.340 e. The fourth-order valence-electron chi connectivity index (χ4n) is 2.79. The Bertz CT molecular complexity index is 358. The number of hydrogen-bond donors (Lipinski definition) is 0. The van der Waals surface area contributed by atoms with Gasteiger partial charge in [0.1, 0.15) is 0 Å². The van der Waals surface area contributed by atoms with E-state index in [0.717, 1.165) is 69.0 Å². The fourth-order valence-corrected chi connectivity index (χ4v) is 4.02. The van der Waals surface area contributed by atoms with Crippen LogP contribution < -0.4 is 0 Å². The SMILES string of the molecule is CC1CCCCN1C(=O)CCCCC(CCSN=O)SN=O. The summed E-state index contributed by atoms with van der Waals surface area (Å²) in [7, 11) is 0. The van der Waals surface area contributed by atoms with Gasteiger partial charge in [-0.3, -0.25) is 4.79 Å². The number of piperidine rings is 1. The van der Waals surface area contributed by atoms with Gasteiger partial charge in [0, 0.05) is 63.1 Å². The van der Waals surface area contributed by atoms with E-state index >= 15 is 0 Å². The summed E-state index contributed by atoms with van der Waals surface area (Å²) < 4.78 is 5.63. The molecule has 126 valence electrons. The molecule has 6 nitrogen and oxygen atoms in total. The molecule has 1 aliphatic rings. The number of nitrogens with zero attached hydrogens (tertiary/aromatic N) is 3. The van der Waals surface area contributed by atoms with Crippen LogP contribution >= 0.6 is 23.9 Å². The summed E-state index contributed by atoms with van der Waals surface area (Å²) in [5.41, 5.74) is 0. The first-order valence-corrected chi connectivity index (χ1v) is 9.69. The van der Waals surface area contributed by atoms with Crippen molar-refractivity contribution < 1.29 is 4.79 Å². The second kappa shape index (κ2) is 11.9. The lowest BCUT2D eigenvalue weighted by atomic mass is 10.0. The topological polar surface area (TPSA) is 79.2 Å². The lowest BCUT2D eigenvalue weighted by molar-refractivity contribution is -0.134. The van der Waals surface area contributed by atoms with Gasteiger partial charge in [0.2, 0.25) is 5.91 Å². The molecule has 1 saturated heterocycles. The first-order chi connectivity index (χ1) is 10.7. The van der Waals surface area contributed by atoms with Crippen molar-refractivity contribution >= 4 is 29.8 Å². The predicted octanol–water partition coefficient (Wildman–Crippen LogP) is 4.54. The van der Waals surface area contributed by atoms with Crippen molar-refractivity contribution in [3.8, 4) is 0 Å². The fraction of sp³-hybridized carbons (Fsp3) is 0.929. The highest BCUT2D eigenvalue weighted by Gasteiger charge is 2.22. The molecule has 8 heteroatoms. The average molecular weight is 348 g/mol. The summed E-state index contributed by atoms with van der Waals surface area (Å²) >= 11 is 2.01. The zero-order valence-corrected chi connectivity index (χ0v) is 14.7. The molecule has 0 aromatic heterocycles. The van der Waals surface area contributed by atoms with Crippen molar-refractivity contribution in [1.82, 2.24) is 4.90 Å². The molecule has 22 heavy (non-hydrogen) atoms. The normalized spacial score (nSPS) is 19.7. The van der Waals surface area contributed by atoms with Crippen molar-refractivity contribution in [2.45, 2.75) is 69.6 Å². The van der Waals surface area contributed by atoms with Crippen LogP contribution in [0.4, 0.5) is 0 Å². The maximum Gasteiger partial charge on any atom is 0.222 e. The standard InChI is InChI=1S/C14H25N3O3S2/c1-12-6-4-5-10-17(12)14(18)8-3-2-7-13(22-16-20)9-11-21-15-19/h12-13H,2-11H2,1H3. The van der Waals surface area contributed by atoms with Crippen LogP contribution in [-0.2, 0) is 4.79 Å². The van der Waals surface area contributed by atoms with E-state index in [1.54, 1.807) is 0 Å². The second-order valence-electron chi connectivity index (χ2n) is 5.68. The van der Waals surface area contributed by atoms with E-state index in [2.05, 4.69) is 16.1 Å². The van der Waals surface area contributed by atoms with Gasteiger partial charge in [-0.15, -0.1) is 9.81 Å². The maximum atomic E-state index is 12.2. The van der Waals surface area contributed by atoms with Crippen molar-refractivity contribution in [3.05, 3.63) is 9.81 Å². The summed E-state index contributed by atoms with van der Waals surface area (Å²) in [6, 6.07) is 0.372. The van der Waals surface area contributed by atoms with E-state index < -0.39 is 0 Å². The van der Waals surface area contributed by atoms with E-state index in [0.29, 0.717) is 18.2 Å². The zero-order chi connectivity index (χ0) is 16.2. The quantitative estimate of drug-likeness (QED) is 0.311. The molecule has 2 atom stereocenters. The summed E-state index contributed by atoms with van der Waals surface area (Å²) in [4.78, 5) is 34.6. The van der Waals surface area contributed by atoms with Gasteiger partial charge in [-0.2, -0.15) is 0 Å². The molecule has 1 rings (SSSR count). The highest BCUT2D eigenvalue weighted by Crippen LogP contribution is 2.24. The van der Waals surface area contributed by atoms with Crippen LogP contribution in [0.15, 0.2) is 9.16 Å². The third kappa shape index (κ3) is 7.58. The van der Waals surface area contributed by atoms with Crippen molar-refractivity contribution in [1.29, 1.82) is 0 Å². The molecule has 2 unspecified atom stereocenters. The second-order valence-corrected chi connectivity index (χ2v) is 7.52. The van der Waals surface area contributed by atoms with Gasteiger partial charge in [0.05, 0.1) is 0 Å². The van der Waals surface area contributed by atoms with Crippen LogP contribution in [0.3, 0.4) is 0 Å². The Balaban J connectivity index is 2.19. The summed E-state index contributed by atoms with van der Waals surface area (Å²) in [5, 5.41) is 0.121. The van der Waals surface area contributed by atoms with E-state index in [9.17, 15) is 14.6 Å². The van der Waals surface area contributed by atoms with Crippen LogP contribution in [0.25, 0.3) is 0 Å². The van der Waals surface area contributed by atoms with Crippen LogP contribution in [0.2, 0.25) is 0 Å². The molecule has 0 aromatic rings. The Morgan fingerprint density at radius 1 is 1.23 bits per heavy atom. The Kier molecular flexibility index (Phi) is 10.5. The molecular weight excluding hydrogens is 322 g/mol. The van der Waals surface area contributed by atoms with Crippen molar-refractivity contribution in [2.24, 2.45) is 9.16 Å². The van der Waals surface area contributed by atoms with Crippen LogP contribution in [-0.4, -0.2) is 34.4 Å². The number of hydrogen-bond acceptors (Lipinski definition) is 7. The smallest absolute Gasteiger partial charge is 0.222 e. The first-order valence-electron chi connectivity index (χ1n) is 7.91. The van der Waals surface area contributed by atoms with Crippen LogP contribution in [0, 0.1) is 9.81 Å². The zero-order valence-electron chi connectivity index (χ0n) is 13.1. The van der Waals surface area contributed by atoms with Gasteiger partial charge >= 0.3 is 0 Å². The van der Waals surface area contributed by atoms with Gasteiger partial charge < -0.3 is 4.90 Å². The molecular formula is C14H25N3O3S2. The molecule has 0 aromatic carbocycles. The Morgan fingerprint density at radius 3 is 2.73 bits per heavy atom. The molecule has 0 radical (unpaired) electrons. The van der Waals surface area contributed by atoms with E-state index in [4.69, 9.17) is 0 Å². The number of carbonyl (C=O) groups excluding carboxylic acids is 1. The van der Waals surface area contributed by atoms with Gasteiger partial charge in [-0.25, -0.2) is 0 Å². The minimum absolute atomic E-state index is 0.121. The number of likely N-dealkylation sites (tertiary alicyclic amines) is 1. The monoisotopic (exact) mass is 347 g/mol. The number of rotatable bonds is 11. The van der Waals surface area contributed by atoms with Crippen molar-refractivity contribution in [3.63, 3.8) is 0 Å². The van der Waals surface area contributed by atoms with Crippen LogP contribution in [0.1, 0.15) is 58.3 Å². The summed E-state index contributed by atoms with van der Waals surface area (Å²) in [6.45, 7) is 3.02. The van der Waals surface area contributed by atoms with Gasteiger partial charge in [0.15, 0.2) is 0 Å².